The molecule has 0 aliphatic carbocycles. The van der Waals surface area contributed by atoms with Crippen LogP contribution in [0.2, 0.25) is 0 Å². The number of ether oxygens (including phenoxy) is 1. The van der Waals surface area contributed by atoms with Gasteiger partial charge in [-0.25, -0.2) is 0 Å². The van der Waals surface area contributed by atoms with Crippen LogP contribution in [0.15, 0.2) is 24.3 Å². The lowest BCUT2D eigenvalue weighted by Crippen LogP contribution is -2.48. The number of para-hydroxylation sites is 1. The van der Waals surface area contributed by atoms with Gasteiger partial charge < -0.3 is 10.5 Å². The zero-order chi connectivity index (χ0) is 14.5. The highest BCUT2D eigenvalue weighted by Gasteiger charge is 2.26. The first-order chi connectivity index (χ1) is 9.58. The Bertz CT molecular complexity index is 426. The minimum absolute atomic E-state index is 0.0819. The van der Waals surface area contributed by atoms with Crippen LogP contribution in [0.4, 0.5) is 8.78 Å². The van der Waals surface area contributed by atoms with Crippen LogP contribution in [-0.2, 0) is 6.54 Å². The van der Waals surface area contributed by atoms with E-state index in [0.717, 1.165) is 24.9 Å². The van der Waals surface area contributed by atoms with E-state index >= 15 is 0 Å². The number of alkyl halides is 2. The van der Waals surface area contributed by atoms with Gasteiger partial charge in [0.2, 0.25) is 0 Å². The van der Waals surface area contributed by atoms with Gasteiger partial charge in [0.05, 0.1) is 0 Å². The predicted octanol–water partition coefficient (Wildman–Crippen LogP) is 2.99. The average molecular weight is 284 g/mol. The van der Waals surface area contributed by atoms with E-state index in [1.165, 1.54) is 6.42 Å². The summed E-state index contributed by atoms with van der Waals surface area (Å²) in [6.45, 7) is 0.774. The van der Waals surface area contributed by atoms with E-state index in [9.17, 15) is 8.78 Å². The quantitative estimate of drug-likeness (QED) is 0.903. The first-order valence-corrected chi connectivity index (χ1v) is 7.10. The van der Waals surface area contributed by atoms with Crippen molar-refractivity contribution in [2.45, 2.75) is 51.4 Å². The first-order valence-electron chi connectivity index (χ1n) is 7.10. The average Bonchev–Trinajstić information content (AvgIpc) is 2.41. The highest BCUT2D eigenvalue weighted by Crippen LogP contribution is 2.26. The van der Waals surface area contributed by atoms with Crippen LogP contribution in [0.25, 0.3) is 0 Å². The fourth-order valence-corrected chi connectivity index (χ4v) is 2.87. The standard InChI is InChI=1S/C15H22F2N2O/c1-11(18)13-7-4-5-9-19(13)10-12-6-2-3-8-14(12)20-15(16)17/h2-3,6,8,11,13,15H,4-5,7,9-10,18H2,1H3. The summed E-state index contributed by atoms with van der Waals surface area (Å²) in [4.78, 5) is 2.28. The molecule has 3 nitrogen and oxygen atoms in total. The van der Waals surface area contributed by atoms with Crippen LogP contribution in [0, 0.1) is 0 Å². The molecule has 1 saturated heterocycles. The molecular formula is C15H22F2N2O. The topological polar surface area (TPSA) is 38.5 Å². The number of hydrogen-bond acceptors (Lipinski definition) is 3. The van der Waals surface area contributed by atoms with Crippen molar-refractivity contribution in [1.82, 2.24) is 4.90 Å². The Morgan fingerprint density at radius 1 is 1.35 bits per heavy atom. The van der Waals surface area contributed by atoms with Crippen molar-refractivity contribution in [3.05, 3.63) is 29.8 Å². The summed E-state index contributed by atoms with van der Waals surface area (Å²) in [7, 11) is 0. The lowest BCUT2D eigenvalue weighted by molar-refractivity contribution is -0.0510. The van der Waals surface area contributed by atoms with Gasteiger partial charge in [-0.1, -0.05) is 24.6 Å². The normalized spacial score (nSPS) is 21.9. The van der Waals surface area contributed by atoms with Crippen molar-refractivity contribution < 1.29 is 13.5 Å². The molecule has 2 unspecified atom stereocenters. The van der Waals surface area contributed by atoms with Crippen molar-refractivity contribution in [3.63, 3.8) is 0 Å². The summed E-state index contributed by atoms with van der Waals surface area (Å²) in [5, 5.41) is 0. The smallest absolute Gasteiger partial charge is 0.387 e. The van der Waals surface area contributed by atoms with E-state index in [4.69, 9.17) is 5.73 Å². The monoisotopic (exact) mass is 284 g/mol. The molecule has 0 saturated carbocycles. The molecule has 1 aliphatic rings. The molecule has 2 rings (SSSR count). The van der Waals surface area contributed by atoms with Crippen LogP contribution in [0.3, 0.4) is 0 Å². The van der Waals surface area contributed by atoms with Crippen molar-refractivity contribution in [2.24, 2.45) is 5.73 Å². The van der Waals surface area contributed by atoms with E-state index in [1.54, 1.807) is 12.1 Å². The van der Waals surface area contributed by atoms with Crippen molar-refractivity contribution in [2.75, 3.05) is 6.54 Å². The van der Waals surface area contributed by atoms with E-state index in [-0.39, 0.29) is 11.8 Å². The van der Waals surface area contributed by atoms with E-state index < -0.39 is 6.61 Å². The van der Waals surface area contributed by atoms with Crippen LogP contribution in [-0.4, -0.2) is 30.1 Å². The molecule has 0 amide bonds. The minimum Gasteiger partial charge on any atom is -0.434 e. The second-order valence-corrected chi connectivity index (χ2v) is 5.38. The summed E-state index contributed by atoms with van der Waals surface area (Å²) >= 11 is 0. The van der Waals surface area contributed by atoms with Gasteiger partial charge in [0.1, 0.15) is 5.75 Å². The number of likely N-dealkylation sites (tertiary alicyclic amines) is 1. The van der Waals surface area contributed by atoms with Crippen molar-refractivity contribution in [1.29, 1.82) is 0 Å². The summed E-state index contributed by atoms with van der Waals surface area (Å²) in [6.07, 6.45) is 3.37. The zero-order valence-electron chi connectivity index (χ0n) is 11.8. The Hall–Kier alpha value is -1.20. The first kappa shape index (κ1) is 15.2. The van der Waals surface area contributed by atoms with Crippen LogP contribution in [0.1, 0.15) is 31.7 Å². The van der Waals surface area contributed by atoms with E-state index in [1.807, 2.05) is 19.1 Å². The van der Waals surface area contributed by atoms with Crippen molar-refractivity contribution in [3.8, 4) is 5.75 Å². The molecule has 0 aromatic heterocycles. The molecule has 20 heavy (non-hydrogen) atoms. The molecule has 0 spiro atoms. The molecule has 1 fully saturated rings. The zero-order valence-corrected chi connectivity index (χ0v) is 11.8. The number of benzene rings is 1. The summed E-state index contributed by atoms with van der Waals surface area (Å²) in [5.41, 5.74) is 6.83. The number of hydrogen-bond donors (Lipinski definition) is 1. The number of rotatable bonds is 5. The van der Waals surface area contributed by atoms with Gasteiger partial charge in [0.25, 0.3) is 0 Å². The lowest BCUT2D eigenvalue weighted by atomic mass is 9.96. The molecule has 2 N–H and O–H groups in total. The fourth-order valence-electron chi connectivity index (χ4n) is 2.87. The van der Waals surface area contributed by atoms with Gasteiger partial charge in [-0.2, -0.15) is 8.78 Å². The maximum atomic E-state index is 12.4. The van der Waals surface area contributed by atoms with Crippen LogP contribution < -0.4 is 10.5 Å². The molecule has 0 bridgehead atoms. The third-order valence-electron chi connectivity index (χ3n) is 3.83. The largest absolute Gasteiger partial charge is 0.434 e. The van der Waals surface area contributed by atoms with Gasteiger partial charge >= 0.3 is 6.61 Å². The maximum Gasteiger partial charge on any atom is 0.387 e. The summed E-state index contributed by atoms with van der Waals surface area (Å²) < 4.78 is 29.4. The van der Waals surface area contributed by atoms with Gasteiger partial charge in [-0.3, -0.25) is 4.90 Å². The SMILES string of the molecule is CC(N)C1CCCCN1Cc1ccccc1OC(F)F. The molecule has 1 aromatic rings. The molecule has 0 radical (unpaired) electrons. The Morgan fingerprint density at radius 2 is 2.10 bits per heavy atom. The van der Waals surface area contributed by atoms with E-state index in [0.29, 0.717) is 12.6 Å². The summed E-state index contributed by atoms with van der Waals surface area (Å²) in [5.74, 6) is 0.261. The molecule has 1 aromatic carbocycles. The van der Waals surface area contributed by atoms with Crippen LogP contribution >= 0.6 is 0 Å². The Kier molecular flexibility index (Phi) is 5.31. The van der Waals surface area contributed by atoms with Gasteiger partial charge in [-0.05, 0) is 32.4 Å². The molecule has 112 valence electrons. The maximum absolute atomic E-state index is 12.4. The third-order valence-corrected chi connectivity index (χ3v) is 3.83. The number of piperidine rings is 1. The second-order valence-electron chi connectivity index (χ2n) is 5.38. The molecule has 1 aliphatic heterocycles. The molecule has 1 heterocycles. The van der Waals surface area contributed by atoms with Crippen LogP contribution in [0.5, 0.6) is 5.75 Å². The molecule has 5 heteroatoms. The highest BCUT2D eigenvalue weighted by atomic mass is 19.3. The van der Waals surface area contributed by atoms with Gasteiger partial charge in [0, 0.05) is 24.2 Å². The fraction of sp³-hybridized carbons (Fsp3) is 0.600. The predicted molar refractivity (Wildman–Crippen MR) is 74.8 cm³/mol. The third kappa shape index (κ3) is 3.90. The number of nitrogens with two attached hydrogens (primary N) is 1. The second kappa shape index (κ2) is 6.99. The van der Waals surface area contributed by atoms with Gasteiger partial charge in [0.15, 0.2) is 0 Å². The molecule has 2 atom stereocenters. The highest BCUT2D eigenvalue weighted by molar-refractivity contribution is 5.33. The minimum atomic E-state index is -2.79. The Labute approximate surface area is 118 Å². The Balaban J connectivity index is 2.11. The lowest BCUT2D eigenvalue weighted by Gasteiger charge is -2.38. The number of nitrogens with zero attached hydrogens (tertiary/aromatic N) is 1. The molecular weight excluding hydrogens is 262 g/mol. The summed E-state index contributed by atoms with van der Waals surface area (Å²) in [6, 6.07) is 7.37. The van der Waals surface area contributed by atoms with Gasteiger partial charge in [-0.15, -0.1) is 0 Å². The number of halogens is 2. The van der Waals surface area contributed by atoms with Crippen molar-refractivity contribution >= 4 is 0 Å². The Morgan fingerprint density at radius 3 is 2.80 bits per heavy atom. The van der Waals surface area contributed by atoms with E-state index in [2.05, 4.69) is 9.64 Å².